The standard InChI is InChI=1S/C9H10F3N5O3/c10-9(11,12)6-5(7(18)19)14-15-17(6)4-3-16-2-1-13-8(16)20/h1-4H2,(H,13,20)(H,18,19). The van der Waals surface area contributed by atoms with Crippen LogP contribution in [0, 0.1) is 0 Å². The molecule has 0 saturated carbocycles. The summed E-state index contributed by atoms with van der Waals surface area (Å²) < 4.78 is 38.9. The van der Waals surface area contributed by atoms with Gasteiger partial charge in [0.1, 0.15) is 0 Å². The fraction of sp³-hybridized carbons (Fsp3) is 0.556. The molecule has 1 fully saturated rings. The maximum absolute atomic E-state index is 12.8. The highest BCUT2D eigenvalue weighted by molar-refractivity contribution is 5.86. The minimum atomic E-state index is -4.88. The predicted molar refractivity (Wildman–Crippen MR) is 57.0 cm³/mol. The quantitative estimate of drug-likeness (QED) is 0.815. The van der Waals surface area contributed by atoms with Crippen molar-refractivity contribution in [3.8, 4) is 0 Å². The monoisotopic (exact) mass is 293 g/mol. The first-order valence-electron chi connectivity index (χ1n) is 5.57. The number of aromatic nitrogens is 3. The van der Waals surface area contributed by atoms with Crippen molar-refractivity contribution in [1.82, 2.24) is 25.2 Å². The summed E-state index contributed by atoms with van der Waals surface area (Å²) in [7, 11) is 0. The van der Waals surface area contributed by atoms with Crippen LogP contribution in [0.15, 0.2) is 0 Å². The van der Waals surface area contributed by atoms with E-state index in [1.807, 2.05) is 0 Å². The molecule has 0 aromatic carbocycles. The molecule has 0 aliphatic carbocycles. The predicted octanol–water partition coefficient (Wildman–Crippen LogP) is 0.0203. The second-order valence-corrected chi connectivity index (χ2v) is 4.03. The third kappa shape index (κ3) is 2.65. The van der Waals surface area contributed by atoms with E-state index in [1.54, 1.807) is 0 Å². The molecule has 1 aliphatic heterocycles. The minimum Gasteiger partial charge on any atom is -0.476 e. The number of halogens is 3. The number of nitrogens with zero attached hydrogens (tertiary/aromatic N) is 4. The largest absolute Gasteiger partial charge is 0.476 e. The first kappa shape index (κ1) is 14.1. The molecule has 1 aromatic rings. The zero-order valence-electron chi connectivity index (χ0n) is 10.0. The van der Waals surface area contributed by atoms with Crippen LogP contribution < -0.4 is 5.32 Å². The van der Waals surface area contributed by atoms with Gasteiger partial charge in [-0.2, -0.15) is 13.2 Å². The van der Waals surface area contributed by atoms with Crippen LogP contribution in [-0.4, -0.2) is 56.6 Å². The molecule has 110 valence electrons. The first-order valence-corrected chi connectivity index (χ1v) is 5.57. The zero-order valence-corrected chi connectivity index (χ0v) is 10.0. The Bertz CT molecular complexity index is 541. The highest BCUT2D eigenvalue weighted by atomic mass is 19.4. The molecule has 2 rings (SSSR count). The molecule has 1 aromatic heterocycles. The van der Waals surface area contributed by atoms with Crippen molar-refractivity contribution in [2.24, 2.45) is 0 Å². The Hall–Kier alpha value is -2.33. The van der Waals surface area contributed by atoms with Gasteiger partial charge >= 0.3 is 18.2 Å². The topological polar surface area (TPSA) is 100 Å². The summed E-state index contributed by atoms with van der Waals surface area (Å²) in [6, 6.07) is -0.378. The van der Waals surface area contributed by atoms with Gasteiger partial charge in [0.2, 0.25) is 5.69 Å². The van der Waals surface area contributed by atoms with Gasteiger partial charge < -0.3 is 15.3 Å². The molecular formula is C9H10F3N5O3. The average molecular weight is 293 g/mol. The third-order valence-electron chi connectivity index (χ3n) is 2.73. The van der Waals surface area contributed by atoms with Gasteiger partial charge in [-0.3, -0.25) is 0 Å². The molecule has 1 saturated heterocycles. The molecule has 2 heterocycles. The molecule has 0 spiro atoms. The van der Waals surface area contributed by atoms with Gasteiger partial charge in [0.05, 0.1) is 6.54 Å². The summed E-state index contributed by atoms with van der Waals surface area (Å²) in [5.74, 6) is -1.80. The Morgan fingerprint density at radius 2 is 2.10 bits per heavy atom. The Kier molecular flexibility index (Phi) is 3.51. The highest BCUT2D eigenvalue weighted by Crippen LogP contribution is 2.31. The number of nitrogens with one attached hydrogen (secondary N) is 1. The number of rotatable bonds is 4. The summed E-state index contributed by atoms with van der Waals surface area (Å²) in [6.45, 7) is 0.489. The SMILES string of the molecule is O=C(O)c1nnn(CCN2CCNC2=O)c1C(F)(F)F. The molecule has 0 bridgehead atoms. The van der Waals surface area contributed by atoms with E-state index in [9.17, 15) is 22.8 Å². The summed E-state index contributed by atoms with van der Waals surface area (Å²) >= 11 is 0. The van der Waals surface area contributed by atoms with Gasteiger partial charge in [0.15, 0.2) is 5.69 Å². The fourth-order valence-electron chi connectivity index (χ4n) is 1.83. The lowest BCUT2D eigenvalue weighted by Gasteiger charge is -2.15. The van der Waals surface area contributed by atoms with E-state index in [-0.39, 0.29) is 19.1 Å². The van der Waals surface area contributed by atoms with Crippen molar-refractivity contribution in [2.75, 3.05) is 19.6 Å². The van der Waals surface area contributed by atoms with Crippen molar-refractivity contribution in [3.63, 3.8) is 0 Å². The number of urea groups is 1. The molecule has 1 aliphatic rings. The fourth-order valence-corrected chi connectivity index (χ4v) is 1.83. The first-order chi connectivity index (χ1) is 9.30. The van der Waals surface area contributed by atoms with Gasteiger partial charge in [0, 0.05) is 19.6 Å². The van der Waals surface area contributed by atoms with Crippen LogP contribution in [0.2, 0.25) is 0 Å². The van der Waals surface area contributed by atoms with Crippen molar-refractivity contribution in [1.29, 1.82) is 0 Å². The van der Waals surface area contributed by atoms with Gasteiger partial charge in [-0.1, -0.05) is 5.21 Å². The molecular weight excluding hydrogens is 283 g/mol. The lowest BCUT2D eigenvalue weighted by atomic mass is 10.3. The maximum Gasteiger partial charge on any atom is 0.435 e. The Morgan fingerprint density at radius 3 is 2.60 bits per heavy atom. The van der Waals surface area contributed by atoms with Crippen LogP contribution in [0.3, 0.4) is 0 Å². The Morgan fingerprint density at radius 1 is 1.40 bits per heavy atom. The van der Waals surface area contributed by atoms with Crippen molar-refractivity contribution in [3.05, 3.63) is 11.4 Å². The van der Waals surface area contributed by atoms with Gasteiger partial charge in [-0.05, 0) is 0 Å². The number of carbonyl (C=O) groups excluding carboxylic acids is 1. The van der Waals surface area contributed by atoms with E-state index in [4.69, 9.17) is 5.11 Å². The van der Waals surface area contributed by atoms with Gasteiger partial charge in [-0.25, -0.2) is 14.3 Å². The summed E-state index contributed by atoms with van der Waals surface area (Å²) in [4.78, 5) is 23.3. The number of amides is 2. The minimum absolute atomic E-state index is 0.0165. The average Bonchev–Trinajstić information content (AvgIpc) is 2.91. The van der Waals surface area contributed by atoms with Crippen LogP contribution in [0.5, 0.6) is 0 Å². The zero-order chi connectivity index (χ0) is 14.9. The Labute approximate surface area is 110 Å². The van der Waals surface area contributed by atoms with Gasteiger partial charge in [0.25, 0.3) is 0 Å². The molecule has 0 atom stereocenters. The molecule has 0 unspecified atom stereocenters. The number of carboxylic acids is 1. The van der Waals surface area contributed by atoms with E-state index >= 15 is 0 Å². The third-order valence-corrected chi connectivity index (χ3v) is 2.73. The van der Waals surface area contributed by atoms with Crippen LogP contribution in [0.25, 0.3) is 0 Å². The molecule has 0 radical (unpaired) electrons. The Balaban J connectivity index is 2.19. The van der Waals surface area contributed by atoms with Crippen molar-refractivity contribution in [2.45, 2.75) is 12.7 Å². The number of alkyl halides is 3. The molecule has 11 heteroatoms. The van der Waals surface area contributed by atoms with Crippen LogP contribution in [0.4, 0.5) is 18.0 Å². The summed E-state index contributed by atoms with van der Waals surface area (Å²) in [5, 5.41) is 17.4. The maximum atomic E-state index is 12.8. The second kappa shape index (κ2) is 4.98. The van der Waals surface area contributed by atoms with E-state index in [2.05, 4.69) is 15.6 Å². The number of aromatic carboxylic acids is 1. The number of carboxylic acid groups (broad SMARTS) is 1. The molecule has 20 heavy (non-hydrogen) atoms. The summed E-state index contributed by atoms with van der Waals surface area (Å²) in [5.41, 5.74) is -2.58. The normalized spacial score (nSPS) is 15.6. The van der Waals surface area contributed by atoms with E-state index in [0.717, 1.165) is 0 Å². The van der Waals surface area contributed by atoms with Crippen molar-refractivity contribution < 1.29 is 27.9 Å². The van der Waals surface area contributed by atoms with E-state index < -0.39 is 23.5 Å². The lowest BCUT2D eigenvalue weighted by molar-refractivity contribution is -0.144. The number of hydrogen-bond donors (Lipinski definition) is 2. The smallest absolute Gasteiger partial charge is 0.435 e. The van der Waals surface area contributed by atoms with Gasteiger partial charge in [-0.15, -0.1) is 5.10 Å². The second-order valence-electron chi connectivity index (χ2n) is 4.03. The highest BCUT2D eigenvalue weighted by Gasteiger charge is 2.41. The van der Waals surface area contributed by atoms with E-state index in [1.165, 1.54) is 4.90 Å². The molecule has 8 nitrogen and oxygen atoms in total. The number of carbonyl (C=O) groups is 2. The summed E-state index contributed by atoms with van der Waals surface area (Å²) in [6.07, 6.45) is -4.88. The van der Waals surface area contributed by atoms with Crippen molar-refractivity contribution >= 4 is 12.0 Å². The number of hydrogen-bond acceptors (Lipinski definition) is 4. The van der Waals surface area contributed by atoms with Crippen LogP contribution >= 0.6 is 0 Å². The van der Waals surface area contributed by atoms with Crippen LogP contribution in [-0.2, 0) is 12.7 Å². The lowest BCUT2D eigenvalue weighted by Crippen LogP contribution is -2.32. The van der Waals surface area contributed by atoms with E-state index in [0.29, 0.717) is 17.8 Å². The molecule has 2 N–H and O–H groups in total. The van der Waals surface area contributed by atoms with Crippen LogP contribution in [0.1, 0.15) is 16.2 Å². The molecule has 2 amide bonds.